The van der Waals surface area contributed by atoms with Crippen LogP contribution in [0.5, 0.6) is 0 Å². The highest BCUT2D eigenvalue weighted by Gasteiger charge is 2.15. The lowest BCUT2D eigenvalue weighted by Gasteiger charge is -2.21. The number of amides is 2. The second-order valence-corrected chi connectivity index (χ2v) is 6.33. The molecule has 1 aliphatic heterocycles. The maximum atomic E-state index is 12.6. The number of nitrogens with one attached hydrogen (secondary N) is 1. The van der Waals surface area contributed by atoms with Gasteiger partial charge >= 0.3 is 0 Å². The van der Waals surface area contributed by atoms with Gasteiger partial charge in [-0.05, 0) is 61.4 Å². The third-order valence-corrected chi connectivity index (χ3v) is 4.47. The summed E-state index contributed by atoms with van der Waals surface area (Å²) in [5, 5.41) is 2.70. The molecule has 0 aliphatic carbocycles. The Bertz CT molecular complexity index is 748. The Balaban J connectivity index is 1.70. The second kappa shape index (κ2) is 7.38. The van der Waals surface area contributed by atoms with Crippen LogP contribution >= 0.6 is 0 Å². The smallest absolute Gasteiger partial charge is 0.258 e. The lowest BCUT2D eigenvalue weighted by molar-refractivity contribution is -0.114. The zero-order valence-electron chi connectivity index (χ0n) is 14.7. The summed E-state index contributed by atoms with van der Waals surface area (Å²) in [6.07, 6.45) is 2.49. The van der Waals surface area contributed by atoms with Gasteiger partial charge in [0.05, 0.1) is 0 Å². The van der Waals surface area contributed by atoms with Crippen molar-refractivity contribution >= 4 is 28.9 Å². The SMILES string of the molecule is CC(=O)Nc1ccc(C(=O)N(C)c2ccc(N3CCCC3)cc2)cc1. The first-order valence-electron chi connectivity index (χ1n) is 8.55. The van der Waals surface area contributed by atoms with E-state index < -0.39 is 0 Å². The van der Waals surface area contributed by atoms with Crippen LogP contribution < -0.4 is 15.1 Å². The Hall–Kier alpha value is -2.82. The van der Waals surface area contributed by atoms with Gasteiger partial charge in [-0.1, -0.05) is 0 Å². The highest BCUT2D eigenvalue weighted by Crippen LogP contribution is 2.24. The predicted octanol–water partition coefficient (Wildman–Crippen LogP) is 3.52. The van der Waals surface area contributed by atoms with Gasteiger partial charge in [0.1, 0.15) is 0 Å². The summed E-state index contributed by atoms with van der Waals surface area (Å²) in [6, 6.07) is 15.0. The number of anilines is 3. The topological polar surface area (TPSA) is 52.7 Å². The Morgan fingerprint density at radius 3 is 2.12 bits per heavy atom. The molecule has 0 spiro atoms. The number of nitrogens with zero attached hydrogens (tertiary/aromatic N) is 2. The number of carbonyl (C=O) groups excluding carboxylic acids is 2. The van der Waals surface area contributed by atoms with E-state index in [0.717, 1.165) is 18.8 Å². The molecular weight excluding hydrogens is 314 g/mol. The third kappa shape index (κ3) is 3.99. The molecule has 0 radical (unpaired) electrons. The molecule has 2 amide bonds. The van der Waals surface area contributed by atoms with E-state index in [0.29, 0.717) is 11.3 Å². The Kier molecular flexibility index (Phi) is 5.03. The minimum absolute atomic E-state index is 0.0803. The molecule has 1 fully saturated rings. The fraction of sp³-hybridized carbons (Fsp3) is 0.300. The molecule has 1 heterocycles. The van der Waals surface area contributed by atoms with Gasteiger partial charge in [0.25, 0.3) is 5.91 Å². The molecule has 3 rings (SSSR count). The van der Waals surface area contributed by atoms with Gasteiger partial charge in [0.2, 0.25) is 5.91 Å². The molecule has 1 aliphatic rings. The van der Waals surface area contributed by atoms with Crippen molar-refractivity contribution in [3.8, 4) is 0 Å². The first-order valence-corrected chi connectivity index (χ1v) is 8.55. The molecule has 0 aromatic heterocycles. The Morgan fingerprint density at radius 2 is 1.56 bits per heavy atom. The first-order chi connectivity index (χ1) is 12.0. The molecule has 0 bridgehead atoms. The molecule has 130 valence electrons. The molecule has 0 unspecified atom stereocenters. The lowest BCUT2D eigenvalue weighted by Crippen LogP contribution is -2.26. The van der Waals surface area contributed by atoms with Crippen molar-refractivity contribution in [3.63, 3.8) is 0 Å². The zero-order valence-corrected chi connectivity index (χ0v) is 14.7. The first kappa shape index (κ1) is 17.0. The summed E-state index contributed by atoms with van der Waals surface area (Å²) < 4.78 is 0. The zero-order chi connectivity index (χ0) is 17.8. The highest BCUT2D eigenvalue weighted by molar-refractivity contribution is 6.06. The minimum atomic E-state index is -0.130. The predicted molar refractivity (Wildman–Crippen MR) is 101 cm³/mol. The van der Waals surface area contributed by atoms with E-state index in [2.05, 4.69) is 22.3 Å². The second-order valence-electron chi connectivity index (χ2n) is 6.33. The van der Waals surface area contributed by atoms with E-state index in [9.17, 15) is 9.59 Å². The van der Waals surface area contributed by atoms with Crippen molar-refractivity contribution in [2.75, 3.05) is 35.3 Å². The van der Waals surface area contributed by atoms with Crippen molar-refractivity contribution in [1.82, 2.24) is 0 Å². The number of rotatable bonds is 4. The fourth-order valence-electron chi connectivity index (χ4n) is 3.07. The van der Waals surface area contributed by atoms with E-state index in [4.69, 9.17) is 0 Å². The maximum absolute atomic E-state index is 12.6. The van der Waals surface area contributed by atoms with Crippen LogP contribution in [0.4, 0.5) is 17.1 Å². The van der Waals surface area contributed by atoms with E-state index in [1.165, 1.54) is 25.5 Å². The van der Waals surface area contributed by atoms with Gasteiger partial charge in [0.15, 0.2) is 0 Å². The van der Waals surface area contributed by atoms with Crippen molar-refractivity contribution < 1.29 is 9.59 Å². The van der Waals surface area contributed by atoms with Gasteiger partial charge in [-0.25, -0.2) is 0 Å². The van der Waals surface area contributed by atoms with Crippen LogP contribution in [-0.4, -0.2) is 32.0 Å². The third-order valence-electron chi connectivity index (χ3n) is 4.47. The molecule has 0 saturated carbocycles. The summed E-state index contributed by atoms with van der Waals surface area (Å²) in [5.74, 6) is -0.211. The van der Waals surface area contributed by atoms with Crippen LogP contribution in [-0.2, 0) is 4.79 Å². The van der Waals surface area contributed by atoms with E-state index >= 15 is 0 Å². The Labute approximate surface area is 148 Å². The molecule has 2 aromatic rings. The summed E-state index contributed by atoms with van der Waals surface area (Å²) in [5.41, 5.74) is 3.34. The minimum Gasteiger partial charge on any atom is -0.372 e. The van der Waals surface area contributed by atoms with Gasteiger partial charge in [-0.2, -0.15) is 0 Å². The van der Waals surface area contributed by atoms with Gasteiger partial charge < -0.3 is 15.1 Å². The standard InChI is InChI=1S/C20H23N3O2/c1-15(24)21-17-7-5-16(6-8-17)20(25)22(2)18-9-11-19(12-10-18)23-13-3-4-14-23/h5-12H,3-4,13-14H2,1-2H3,(H,21,24). The molecule has 5 heteroatoms. The summed E-state index contributed by atoms with van der Waals surface area (Å²) in [4.78, 5) is 27.7. The Morgan fingerprint density at radius 1 is 0.960 bits per heavy atom. The largest absolute Gasteiger partial charge is 0.372 e. The molecular formula is C20H23N3O2. The van der Waals surface area contributed by atoms with E-state index in [-0.39, 0.29) is 11.8 Å². The van der Waals surface area contributed by atoms with Gasteiger partial charge in [-0.3, -0.25) is 9.59 Å². The highest BCUT2D eigenvalue weighted by atomic mass is 16.2. The number of hydrogen-bond acceptors (Lipinski definition) is 3. The number of carbonyl (C=O) groups is 2. The summed E-state index contributed by atoms with van der Waals surface area (Å²) >= 11 is 0. The molecule has 0 atom stereocenters. The molecule has 25 heavy (non-hydrogen) atoms. The lowest BCUT2D eigenvalue weighted by atomic mass is 10.1. The molecule has 1 saturated heterocycles. The number of benzene rings is 2. The van der Waals surface area contributed by atoms with Crippen LogP contribution in [0.15, 0.2) is 48.5 Å². The maximum Gasteiger partial charge on any atom is 0.258 e. The van der Waals surface area contributed by atoms with E-state index in [1.54, 1.807) is 36.2 Å². The van der Waals surface area contributed by atoms with Crippen molar-refractivity contribution in [3.05, 3.63) is 54.1 Å². The quantitative estimate of drug-likeness (QED) is 0.929. The van der Waals surface area contributed by atoms with Crippen molar-refractivity contribution in [2.45, 2.75) is 19.8 Å². The molecule has 2 aromatic carbocycles. The van der Waals surface area contributed by atoms with Crippen LogP contribution in [0.25, 0.3) is 0 Å². The van der Waals surface area contributed by atoms with Crippen LogP contribution in [0.3, 0.4) is 0 Å². The fourth-order valence-corrected chi connectivity index (χ4v) is 3.07. The average molecular weight is 337 g/mol. The summed E-state index contributed by atoms with van der Waals surface area (Å²) in [6.45, 7) is 3.67. The van der Waals surface area contributed by atoms with Crippen LogP contribution in [0, 0.1) is 0 Å². The van der Waals surface area contributed by atoms with Crippen LogP contribution in [0.2, 0.25) is 0 Å². The summed E-state index contributed by atoms with van der Waals surface area (Å²) in [7, 11) is 1.77. The monoisotopic (exact) mass is 337 g/mol. The van der Waals surface area contributed by atoms with Gasteiger partial charge in [0, 0.05) is 49.7 Å². The number of hydrogen-bond donors (Lipinski definition) is 1. The molecule has 1 N–H and O–H groups in total. The average Bonchev–Trinajstić information content (AvgIpc) is 3.15. The van der Waals surface area contributed by atoms with Crippen molar-refractivity contribution in [1.29, 1.82) is 0 Å². The van der Waals surface area contributed by atoms with Crippen LogP contribution in [0.1, 0.15) is 30.1 Å². The van der Waals surface area contributed by atoms with Gasteiger partial charge in [-0.15, -0.1) is 0 Å². The van der Waals surface area contributed by atoms with Crippen molar-refractivity contribution in [2.24, 2.45) is 0 Å². The van der Waals surface area contributed by atoms with E-state index in [1.807, 2.05) is 12.1 Å². The molecule has 5 nitrogen and oxygen atoms in total. The normalized spacial score (nSPS) is 13.6.